The molecule has 108 valence electrons. The van der Waals surface area contributed by atoms with E-state index < -0.39 is 0 Å². The van der Waals surface area contributed by atoms with Crippen molar-refractivity contribution in [2.75, 3.05) is 13.1 Å². The van der Waals surface area contributed by atoms with Crippen molar-refractivity contribution in [1.82, 2.24) is 15.6 Å². The van der Waals surface area contributed by atoms with E-state index in [0.717, 1.165) is 19.3 Å². The molecule has 6 nitrogen and oxygen atoms in total. The molecule has 1 aromatic rings. The van der Waals surface area contributed by atoms with Crippen LogP contribution < -0.4 is 16.4 Å². The first kappa shape index (κ1) is 14.5. The Morgan fingerprint density at radius 3 is 2.75 bits per heavy atom. The summed E-state index contributed by atoms with van der Waals surface area (Å²) < 4.78 is 0. The molecule has 0 saturated heterocycles. The smallest absolute Gasteiger partial charge is 0.252 e. The van der Waals surface area contributed by atoms with Crippen molar-refractivity contribution in [2.45, 2.75) is 25.3 Å². The van der Waals surface area contributed by atoms with Crippen LogP contribution in [0.2, 0.25) is 0 Å². The van der Waals surface area contributed by atoms with E-state index in [1.54, 1.807) is 18.3 Å². The Bertz CT molecular complexity index is 464. The quantitative estimate of drug-likeness (QED) is 0.662. The molecule has 2 amide bonds. The summed E-state index contributed by atoms with van der Waals surface area (Å²) in [6, 6.07) is 3.55. The zero-order chi connectivity index (χ0) is 14.4. The van der Waals surface area contributed by atoms with E-state index in [9.17, 15) is 9.59 Å². The number of aromatic nitrogens is 1. The molecule has 6 heteroatoms. The fourth-order valence-electron chi connectivity index (χ4n) is 2.36. The maximum absolute atomic E-state index is 11.8. The molecule has 0 aliphatic heterocycles. The Morgan fingerprint density at radius 1 is 1.30 bits per heavy atom. The molecule has 1 fully saturated rings. The predicted molar refractivity (Wildman–Crippen MR) is 74.9 cm³/mol. The van der Waals surface area contributed by atoms with Gasteiger partial charge >= 0.3 is 0 Å². The van der Waals surface area contributed by atoms with Gasteiger partial charge in [-0.15, -0.1) is 0 Å². The first-order valence-corrected chi connectivity index (χ1v) is 6.88. The Labute approximate surface area is 118 Å². The highest BCUT2D eigenvalue weighted by Crippen LogP contribution is 2.23. The number of amides is 2. The topological polar surface area (TPSA) is 97.1 Å². The average Bonchev–Trinajstić information content (AvgIpc) is 2.91. The molecular weight excluding hydrogens is 256 g/mol. The number of nitrogens with zero attached hydrogens (tertiary/aromatic N) is 1. The van der Waals surface area contributed by atoms with Crippen LogP contribution >= 0.6 is 0 Å². The molecule has 1 aliphatic carbocycles. The van der Waals surface area contributed by atoms with Crippen molar-refractivity contribution >= 4 is 11.8 Å². The van der Waals surface area contributed by atoms with Gasteiger partial charge in [0.15, 0.2) is 0 Å². The Morgan fingerprint density at radius 2 is 2.10 bits per heavy atom. The minimum absolute atomic E-state index is 0.0269. The van der Waals surface area contributed by atoms with Gasteiger partial charge in [-0.25, -0.2) is 0 Å². The third-order valence-corrected chi connectivity index (χ3v) is 3.48. The van der Waals surface area contributed by atoms with Crippen molar-refractivity contribution in [3.05, 3.63) is 30.1 Å². The monoisotopic (exact) mass is 276 g/mol. The zero-order valence-electron chi connectivity index (χ0n) is 11.3. The maximum Gasteiger partial charge on any atom is 0.252 e. The summed E-state index contributed by atoms with van der Waals surface area (Å²) in [5.41, 5.74) is 6.29. The van der Waals surface area contributed by atoms with Crippen LogP contribution in [0, 0.1) is 5.92 Å². The molecular formula is C14H20N4O2. The summed E-state index contributed by atoms with van der Waals surface area (Å²) in [5.74, 6) is -0.122. The highest BCUT2D eigenvalue weighted by Gasteiger charge is 2.27. The third kappa shape index (κ3) is 4.03. The standard InChI is InChI=1S/C14H20N4O2/c15-12-4-3-10(8-12)13(19)17-6-7-18-14(20)11-2-1-5-16-9-11/h1-2,5,9-10,12H,3-4,6-8,15H2,(H,17,19)(H,18,20). The van der Waals surface area contributed by atoms with Crippen LogP contribution in [-0.2, 0) is 4.79 Å². The molecule has 1 aliphatic rings. The lowest BCUT2D eigenvalue weighted by atomic mass is 10.1. The lowest BCUT2D eigenvalue weighted by molar-refractivity contribution is -0.124. The highest BCUT2D eigenvalue weighted by molar-refractivity contribution is 5.93. The van der Waals surface area contributed by atoms with Gasteiger partial charge in [0.25, 0.3) is 5.91 Å². The van der Waals surface area contributed by atoms with Crippen molar-refractivity contribution in [1.29, 1.82) is 0 Å². The molecule has 1 saturated carbocycles. The average molecular weight is 276 g/mol. The number of pyridine rings is 1. The molecule has 1 heterocycles. The zero-order valence-corrected chi connectivity index (χ0v) is 11.3. The summed E-state index contributed by atoms with van der Waals surface area (Å²) in [7, 11) is 0. The Hall–Kier alpha value is -1.95. The van der Waals surface area contributed by atoms with E-state index in [4.69, 9.17) is 5.73 Å². The van der Waals surface area contributed by atoms with Gasteiger partial charge in [-0.1, -0.05) is 0 Å². The highest BCUT2D eigenvalue weighted by atomic mass is 16.2. The van der Waals surface area contributed by atoms with Gasteiger partial charge in [-0.2, -0.15) is 0 Å². The van der Waals surface area contributed by atoms with Crippen LogP contribution in [0.1, 0.15) is 29.6 Å². The second kappa shape index (κ2) is 7.00. The summed E-state index contributed by atoms with van der Waals surface area (Å²) in [6.45, 7) is 0.828. The first-order chi connectivity index (χ1) is 9.66. The predicted octanol–water partition coefficient (Wildman–Crippen LogP) is 0.0550. The largest absolute Gasteiger partial charge is 0.354 e. The van der Waals surface area contributed by atoms with E-state index in [1.165, 1.54) is 6.20 Å². The van der Waals surface area contributed by atoms with E-state index in [0.29, 0.717) is 18.7 Å². The first-order valence-electron chi connectivity index (χ1n) is 6.88. The van der Waals surface area contributed by atoms with Crippen LogP contribution in [-0.4, -0.2) is 35.9 Å². The SMILES string of the molecule is NC1CCC(C(=O)NCCNC(=O)c2cccnc2)C1. The van der Waals surface area contributed by atoms with E-state index in [2.05, 4.69) is 15.6 Å². The van der Waals surface area contributed by atoms with Gasteiger partial charge in [-0.05, 0) is 31.4 Å². The Balaban J connectivity index is 1.64. The second-order valence-corrected chi connectivity index (χ2v) is 5.06. The number of carbonyl (C=O) groups excluding carboxylic acids is 2. The summed E-state index contributed by atoms with van der Waals surface area (Å²) in [4.78, 5) is 27.4. The van der Waals surface area contributed by atoms with Crippen LogP contribution in [0.15, 0.2) is 24.5 Å². The van der Waals surface area contributed by atoms with Crippen molar-refractivity contribution in [2.24, 2.45) is 11.7 Å². The molecule has 0 spiro atoms. The lowest BCUT2D eigenvalue weighted by Crippen LogP contribution is -2.37. The fraction of sp³-hybridized carbons (Fsp3) is 0.500. The summed E-state index contributed by atoms with van der Waals surface area (Å²) in [5, 5.41) is 5.56. The van der Waals surface area contributed by atoms with Gasteiger partial charge in [-0.3, -0.25) is 14.6 Å². The van der Waals surface area contributed by atoms with Crippen LogP contribution in [0.25, 0.3) is 0 Å². The summed E-state index contributed by atoms with van der Waals surface area (Å²) >= 11 is 0. The van der Waals surface area contributed by atoms with Crippen molar-refractivity contribution < 1.29 is 9.59 Å². The van der Waals surface area contributed by atoms with Crippen LogP contribution in [0.4, 0.5) is 0 Å². The molecule has 0 aromatic carbocycles. The molecule has 1 aromatic heterocycles. The minimum Gasteiger partial charge on any atom is -0.354 e. The number of rotatable bonds is 5. The molecule has 0 bridgehead atoms. The molecule has 0 radical (unpaired) electrons. The van der Waals surface area contributed by atoms with Crippen LogP contribution in [0.5, 0.6) is 0 Å². The number of carbonyl (C=O) groups is 2. The van der Waals surface area contributed by atoms with Gasteiger partial charge in [0.05, 0.1) is 5.56 Å². The molecule has 2 rings (SSSR count). The van der Waals surface area contributed by atoms with Gasteiger partial charge in [0.1, 0.15) is 0 Å². The van der Waals surface area contributed by atoms with Crippen molar-refractivity contribution in [3.63, 3.8) is 0 Å². The van der Waals surface area contributed by atoms with Gasteiger partial charge < -0.3 is 16.4 Å². The normalized spacial score (nSPS) is 21.4. The lowest BCUT2D eigenvalue weighted by Gasteiger charge is -2.11. The molecule has 2 atom stereocenters. The fourth-order valence-corrected chi connectivity index (χ4v) is 2.36. The van der Waals surface area contributed by atoms with E-state index in [-0.39, 0.29) is 23.8 Å². The van der Waals surface area contributed by atoms with Crippen LogP contribution in [0.3, 0.4) is 0 Å². The number of nitrogens with two attached hydrogens (primary N) is 1. The number of hydrogen-bond acceptors (Lipinski definition) is 4. The van der Waals surface area contributed by atoms with E-state index >= 15 is 0 Å². The minimum atomic E-state index is -0.185. The van der Waals surface area contributed by atoms with E-state index in [1.807, 2.05) is 0 Å². The maximum atomic E-state index is 11.8. The molecule has 20 heavy (non-hydrogen) atoms. The van der Waals surface area contributed by atoms with Gasteiger partial charge in [0, 0.05) is 37.4 Å². The van der Waals surface area contributed by atoms with Gasteiger partial charge in [0.2, 0.25) is 5.91 Å². The Kier molecular flexibility index (Phi) is 5.06. The number of nitrogens with one attached hydrogen (secondary N) is 2. The molecule has 2 unspecified atom stereocenters. The number of hydrogen-bond donors (Lipinski definition) is 3. The second-order valence-electron chi connectivity index (χ2n) is 5.06. The van der Waals surface area contributed by atoms with Crippen molar-refractivity contribution in [3.8, 4) is 0 Å². The molecule has 4 N–H and O–H groups in total. The third-order valence-electron chi connectivity index (χ3n) is 3.48. The summed E-state index contributed by atoms with van der Waals surface area (Å²) in [6.07, 6.45) is 5.65.